The number of carbonyl (C=O) groups is 1. The number of amides is 1. The Morgan fingerprint density at radius 1 is 0.346 bits per heavy atom. The SMILES string of the molecule is CCCCCCC/C=C\C/C=C\CCCCCCCCCCCCCCCCCCCCCCCCCC(=O)NC(COC1OC(CO)C(OC2OC(CO)C(OC3OC(CO)C(O)C(O)C3O)C(O)C2O)C(O)C1O)C(O)CCCCCCCCCCCCCCCCCCCCCCCCCC. The van der Waals surface area contributed by atoms with Crippen molar-refractivity contribution in [2.75, 3.05) is 26.4 Å². The third-order valence-corrected chi connectivity index (χ3v) is 22.0. The zero-order valence-corrected chi connectivity index (χ0v) is 66.0. The second kappa shape index (κ2) is 65.9. The predicted octanol–water partition coefficient (Wildman–Crippen LogP) is 15.7. The number of hydrogen-bond acceptors (Lipinski definition) is 18. The van der Waals surface area contributed by atoms with E-state index >= 15 is 0 Å². The van der Waals surface area contributed by atoms with Crippen LogP contribution in [0.4, 0.5) is 0 Å². The van der Waals surface area contributed by atoms with E-state index in [1.807, 2.05) is 0 Å². The molecule has 0 aromatic heterocycles. The van der Waals surface area contributed by atoms with E-state index in [-0.39, 0.29) is 18.9 Å². The van der Waals surface area contributed by atoms with Gasteiger partial charge in [-0.2, -0.15) is 0 Å². The molecule has 3 saturated heterocycles. The summed E-state index contributed by atoms with van der Waals surface area (Å²) in [6, 6.07) is -0.886. The molecule has 3 aliphatic rings. The Hall–Kier alpha value is -1.73. The maximum absolute atomic E-state index is 13.5. The van der Waals surface area contributed by atoms with Gasteiger partial charge in [0.05, 0.1) is 38.6 Å². The Kier molecular flexibility index (Phi) is 61.2. The number of allylic oxidation sites excluding steroid dienone is 4. The fourth-order valence-corrected chi connectivity index (χ4v) is 15.1. The fourth-order valence-electron chi connectivity index (χ4n) is 15.1. The van der Waals surface area contributed by atoms with E-state index in [1.165, 1.54) is 295 Å². The Balaban J connectivity index is 1.32. The number of ether oxygens (including phenoxy) is 6. The van der Waals surface area contributed by atoms with Crippen LogP contribution < -0.4 is 5.32 Å². The third-order valence-electron chi connectivity index (χ3n) is 22.0. The van der Waals surface area contributed by atoms with E-state index in [0.717, 1.165) is 51.4 Å². The summed E-state index contributed by atoms with van der Waals surface area (Å²) in [5.41, 5.74) is 0. The van der Waals surface area contributed by atoms with Crippen LogP contribution in [0, 0.1) is 0 Å². The molecule has 0 bridgehead atoms. The van der Waals surface area contributed by atoms with Crippen LogP contribution in [0.25, 0.3) is 0 Å². The highest BCUT2D eigenvalue weighted by Crippen LogP contribution is 2.34. The number of rotatable bonds is 71. The van der Waals surface area contributed by atoms with Crippen molar-refractivity contribution < 1.29 is 89.4 Å². The molecule has 19 nitrogen and oxygen atoms in total. The molecule has 12 N–H and O–H groups in total. The molecule has 3 aliphatic heterocycles. The topological polar surface area (TPSA) is 307 Å². The van der Waals surface area contributed by atoms with Gasteiger partial charge in [0.15, 0.2) is 18.9 Å². The molecule has 3 rings (SSSR count). The van der Waals surface area contributed by atoms with Crippen LogP contribution >= 0.6 is 0 Å². The average Bonchev–Trinajstić information content (AvgIpc) is 0.783. The minimum absolute atomic E-state index is 0.234. The minimum Gasteiger partial charge on any atom is -0.394 e. The van der Waals surface area contributed by atoms with Crippen LogP contribution in [-0.2, 0) is 33.2 Å². The smallest absolute Gasteiger partial charge is 0.220 e. The molecule has 0 aromatic carbocycles. The number of unbranched alkanes of at least 4 members (excludes halogenated alkanes) is 51. The Labute approximate surface area is 632 Å². The van der Waals surface area contributed by atoms with Crippen molar-refractivity contribution in [2.24, 2.45) is 0 Å². The van der Waals surface area contributed by atoms with Crippen LogP contribution in [0.1, 0.15) is 380 Å². The van der Waals surface area contributed by atoms with Gasteiger partial charge < -0.3 is 89.9 Å². The van der Waals surface area contributed by atoms with Gasteiger partial charge >= 0.3 is 0 Å². The van der Waals surface area contributed by atoms with E-state index in [4.69, 9.17) is 28.4 Å². The summed E-state index contributed by atoms with van der Waals surface area (Å²) in [6.07, 6.45) is 54.2. The van der Waals surface area contributed by atoms with Gasteiger partial charge in [0.2, 0.25) is 5.91 Å². The molecule has 19 heteroatoms. The molecule has 614 valence electrons. The quantitative estimate of drug-likeness (QED) is 0.0199. The van der Waals surface area contributed by atoms with Crippen molar-refractivity contribution >= 4 is 5.91 Å². The minimum atomic E-state index is -1.97. The second-order valence-corrected chi connectivity index (χ2v) is 31.4. The van der Waals surface area contributed by atoms with Gasteiger partial charge in [-0.3, -0.25) is 4.79 Å². The van der Waals surface area contributed by atoms with Crippen LogP contribution in [0.15, 0.2) is 24.3 Å². The van der Waals surface area contributed by atoms with E-state index < -0.39 is 124 Å². The summed E-state index contributed by atoms with van der Waals surface area (Å²) < 4.78 is 34.6. The normalized spacial score (nSPS) is 26.0. The number of aliphatic hydroxyl groups is 11. The molecular weight excluding hydrogens is 1320 g/mol. The lowest BCUT2D eigenvalue weighted by atomic mass is 9.96. The highest BCUT2D eigenvalue weighted by atomic mass is 16.8. The first-order valence-electron chi connectivity index (χ1n) is 43.6. The van der Waals surface area contributed by atoms with Crippen LogP contribution in [0.3, 0.4) is 0 Å². The molecular formula is C85H161NO18. The molecule has 3 fully saturated rings. The van der Waals surface area contributed by atoms with Gasteiger partial charge in [-0.05, 0) is 44.9 Å². The zero-order valence-electron chi connectivity index (χ0n) is 66.0. The molecule has 3 heterocycles. The van der Waals surface area contributed by atoms with Crippen LogP contribution in [0.2, 0.25) is 0 Å². The van der Waals surface area contributed by atoms with E-state index in [9.17, 15) is 61.0 Å². The molecule has 1 amide bonds. The molecule has 17 atom stereocenters. The van der Waals surface area contributed by atoms with Gasteiger partial charge in [-0.25, -0.2) is 0 Å². The number of carbonyl (C=O) groups excluding carboxylic acids is 1. The Morgan fingerprint density at radius 2 is 0.635 bits per heavy atom. The van der Waals surface area contributed by atoms with Gasteiger partial charge in [-0.15, -0.1) is 0 Å². The van der Waals surface area contributed by atoms with E-state index in [1.54, 1.807) is 0 Å². The third kappa shape index (κ3) is 44.9. The van der Waals surface area contributed by atoms with Crippen molar-refractivity contribution in [3.63, 3.8) is 0 Å². The van der Waals surface area contributed by atoms with Crippen LogP contribution in [-0.4, -0.2) is 193 Å². The zero-order chi connectivity index (χ0) is 75.3. The molecule has 104 heavy (non-hydrogen) atoms. The fraction of sp³-hybridized carbons (Fsp3) is 0.941. The molecule has 0 aromatic rings. The summed E-state index contributed by atoms with van der Waals surface area (Å²) in [6.45, 7) is 1.86. The van der Waals surface area contributed by atoms with Gasteiger partial charge in [-0.1, -0.05) is 353 Å². The number of aliphatic hydroxyl groups excluding tert-OH is 11. The predicted molar refractivity (Wildman–Crippen MR) is 416 cm³/mol. The molecule has 0 saturated carbocycles. The maximum atomic E-state index is 13.5. The first kappa shape index (κ1) is 96.5. The second-order valence-electron chi connectivity index (χ2n) is 31.4. The highest BCUT2D eigenvalue weighted by molar-refractivity contribution is 5.76. The van der Waals surface area contributed by atoms with E-state index in [0.29, 0.717) is 12.8 Å². The molecule has 0 aliphatic carbocycles. The van der Waals surface area contributed by atoms with Crippen molar-refractivity contribution in [1.82, 2.24) is 5.32 Å². The summed E-state index contributed by atoms with van der Waals surface area (Å²) in [5, 5.41) is 121. The van der Waals surface area contributed by atoms with Gasteiger partial charge in [0, 0.05) is 6.42 Å². The lowest BCUT2D eigenvalue weighted by molar-refractivity contribution is -0.379. The van der Waals surface area contributed by atoms with Crippen molar-refractivity contribution in [1.29, 1.82) is 0 Å². The number of hydrogen-bond donors (Lipinski definition) is 12. The molecule has 0 radical (unpaired) electrons. The largest absolute Gasteiger partial charge is 0.394 e. The lowest BCUT2D eigenvalue weighted by Crippen LogP contribution is -2.66. The Morgan fingerprint density at radius 3 is 0.981 bits per heavy atom. The highest BCUT2D eigenvalue weighted by Gasteiger charge is 2.54. The summed E-state index contributed by atoms with van der Waals surface area (Å²) >= 11 is 0. The van der Waals surface area contributed by atoms with Crippen molar-refractivity contribution in [3.05, 3.63) is 24.3 Å². The van der Waals surface area contributed by atoms with E-state index in [2.05, 4.69) is 43.5 Å². The van der Waals surface area contributed by atoms with Crippen molar-refractivity contribution in [2.45, 2.75) is 484 Å². The first-order valence-corrected chi connectivity index (χ1v) is 43.6. The first-order chi connectivity index (χ1) is 50.8. The Bertz CT molecular complexity index is 1970. The maximum Gasteiger partial charge on any atom is 0.220 e. The standard InChI is InChI=1S/C85H161NO18/c1-3-5-7-9-11-13-15-17-19-21-23-25-27-29-30-31-32-33-34-35-36-37-38-39-41-43-45-47-49-51-53-55-57-59-61-63-73(91)86-68(69(90)62-60-58-56-54-52-50-48-46-44-42-40-28-26-24-22-20-18-16-14-12-10-8-6-4-2)67-99-83-79(97)76(94)81(71(65-88)101-83)104-85-80(98)77(95)82(72(66-89)102-85)103-84-78(96)75(93)74(92)70(64-87)100-84/h15,17,21,23,68-72,74-85,87-90,92-98H,3-14,16,18-20,22,24-67H2,1-2H3,(H,86,91)/b17-15-,23-21-. The van der Waals surface area contributed by atoms with Crippen LogP contribution in [0.5, 0.6) is 0 Å². The van der Waals surface area contributed by atoms with Gasteiger partial charge in [0.25, 0.3) is 0 Å². The van der Waals surface area contributed by atoms with Gasteiger partial charge in [0.1, 0.15) is 73.2 Å². The number of nitrogens with one attached hydrogen (secondary N) is 1. The molecule has 0 spiro atoms. The van der Waals surface area contributed by atoms with Crippen molar-refractivity contribution in [3.8, 4) is 0 Å². The average molecular weight is 1490 g/mol. The summed E-state index contributed by atoms with van der Waals surface area (Å²) in [4.78, 5) is 13.5. The summed E-state index contributed by atoms with van der Waals surface area (Å²) in [7, 11) is 0. The molecule has 17 unspecified atom stereocenters. The lowest BCUT2D eigenvalue weighted by Gasteiger charge is -2.48. The monoisotopic (exact) mass is 1480 g/mol. The summed E-state index contributed by atoms with van der Waals surface area (Å²) in [5.74, 6) is -0.234.